The van der Waals surface area contributed by atoms with Crippen molar-refractivity contribution in [3.63, 3.8) is 0 Å². The molecule has 0 saturated heterocycles. The van der Waals surface area contributed by atoms with Gasteiger partial charge in [-0.05, 0) is 23.6 Å². The molecule has 1 atom stereocenters. The van der Waals surface area contributed by atoms with Gasteiger partial charge >= 0.3 is 4.87 Å². The second kappa shape index (κ2) is 5.81. The lowest BCUT2D eigenvalue weighted by atomic mass is 10.0. The number of fused-ring (bicyclic) bond motifs is 1. The minimum atomic E-state index is 0.00419. The van der Waals surface area contributed by atoms with Crippen LogP contribution in [0, 0.1) is 0 Å². The van der Waals surface area contributed by atoms with Gasteiger partial charge in [0.1, 0.15) is 5.75 Å². The van der Waals surface area contributed by atoms with Gasteiger partial charge in [0.25, 0.3) is 0 Å². The van der Waals surface area contributed by atoms with Gasteiger partial charge in [0.15, 0.2) is 0 Å². The number of hydrogen-bond donors (Lipinski definition) is 2. The van der Waals surface area contributed by atoms with Crippen molar-refractivity contribution in [2.45, 2.75) is 32.4 Å². The zero-order valence-electron chi connectivity index (χ0n) is 11.4. The quantitative estimate of drug-likeness (QED) is 0.890. The van der Waals surface area contributed by atoms with Gasteiger partial charge in [-0.25, -0.2) is 0 Å². The van der Waals surface area contributed by atoms with Crippen molar-refractivity contribution in [2.75, 3.05) is 6.61 Å². The Kier molecular flexibility index (Phi) is 3.89. The molecular formula is C15H18N2O2S. The molecule has 1 aliphatic rings. The molecule has 0 bridgehead atoms. The predicted molar refractivity (Wildman–Crippen MR) is 80.5 cm³/mol. The summed E-state index contributed by atoms with van der Waals surface area (Å²) in [7, 11) is 0. The number of thiazole rings is 1. The maximum atomic E-state index is 11.1. The van der Waals surface area contributed by atoms with Crippen LogP contribution in [-0.4, -0.2) is 11.6 Å². The van der Waals surface area contributed by atoms with Crippen molar-refractivity contribution < 1.29 is 4.74 Å². The number of hydrogen-bond acceptors (Lipinski definition) is 4. The molecule has 1 aliphatic heterocycles. The van der Waals surface area contributed by atoms with Gasteiger partial charge < -0.3 is 15.0 Å². The average molecular weight is 290 g/mol. The van der Waals surface area contributed by atoms with Gasteiger partial charge in [0.05, 0.1) is 6.61 Å². The molecule has 3 rings (SSSR count). The standard InChI is InChI=1S/C15H18N2O2S/c1-2-13(16-8-12-9-20-15(18)17-12)10-3-4-14-11(7-10)5-6-19-14/h3-4,7,9,13,16H,2,5-6,8H2,1H3,(H,17,18). The van der Waals surface area contributed by atoms with Crippen LogP contribution in [0.4, 0.5) is 0 Å². The zero-order valence-corrected chi connectivity index (χ0v) is 12.3. The molecular weight excluding hydrogens is 272 g/mol. The summed E-state index contributed by atoms with van der Waals surface area (Å²) in [5.74, 6) is 1.02. The Balaban J connectivity index is 1.71. The highest BCUT2D eigenvalue weighted by Crippen LogP contribution is 2.29. The smallest absolute Gasteiger partial charge is 0.304 e. The fraction of sp³-hybridized carbons (Fsp3) is 0.400. The van der Waals surface area contributed by atoms with Crippen LogP contribution in [0.25, 0.3) is 0 Å². The van der Waals surface area contributed by atoms with Gasteiger partial charge in [0.2, 0.25) is 0 Å². The molecule has 1 aromatic heterocycles. The topological polar surface area (TPSA) is 54.1 Å². The van der Waals surface area contributed by atoms with Crippen LogP contribution in [-0.2, 0) is 13.0 Å². The largest absolute Gasteiger partial charge is 0.493 e. The third-order valence-corrected chi connectivity index (χ3v) is 4.35. The van der Waals surface area contributed by atoms with Crippen LogP contribution in [0.5, 0.6) is 5.75 Å². The van der Waals surface area contributed by atoms with E-state index in [1.807, 2.05) is 5.38 Å². The van der Waals surface area contributed by atoms with Crippen LogP contribution >= 0.6 is 11.3 Å². The summed E-state index contributed by atoms with van der Waals surface area (Å²) in [4.78, 5) is 14.0. The third kappa shape index (κ3) is 2.78. The number of aromatic nitrogens is 1. The van der Waals surface area contributed by atoms with Crippen molar-refractivity contribution in [1.82, 2.24) is 10.3 Å². The molecule has 0 radical (unpaired) electrons. The Morgan fingerprint density at radius 1 is 1.50 bits per heavy atom. The highest BCUT2D eigenvalue weighted by molar-refractivity contribution is 7.07. The fourth-order valence-corrected chi connectivity index (χ4v) is 3.14. The van der Waals surface area contributed by atoms with Gasteiger partial charge in [-0.15, -0.1) is 0 Å². The predicted octanol–water partition coefficient (Wildman–Crippen LogP) is 2.61. The van der Waals surface area contributed by atoms with E-state index in [9.17, 15) is 4.79 Å². The van der Waals surface area contributed by atoms with E-state index in [2.05, 4.69) is 35.4 Å². The second-order valence-electron chi connectivity index (χ2n) is 4.98. The average Bonchev–Trinajstić information content (AvgIpc) is 3.07. The summed E-state index contributed by atoms with van der Waals surface area (Å²) in [5, 5.41) is 5.38. The first-order valence-electron chi connectivity index (χ1n) is 6.92. The first kappa shape index (κ1) is 13.4. The lowest BCUT2D eigenvalue weighted by Crippen LogP contribution is -2.21. The van der Waals surface area contributed by atoms with Crippen LogP contribution in [0.15, 0.2) is 28.4 Å². The summed E-state index contributed by atoms with van der Waals surface area (Å²) in [6.45, 7) is 3.64. The van der Waals surface area contributed by atoms with Crippen molar-refractivity contribution in [2.24, 2.45) is 0 Å². The van der Waals surface area contributed by atoms with E-state index in [0.717, 1.165) is 30.9 Å². The lowest BCUT2D eigenvalue weighted by Gasteiger charge is -2.17. The molecule has 1 aromatic carbocycles. The lowest BCUT2D eigenvalue weighted by molar-refractivity contribution is 0.356. The Morgan fingerprint density at radius 2 is 2.40 bits per heavy atom. The molecule has 5 heteroatoms. The molecule has 106 valence electrons. The van der Waals surface area contributed by atoms with E-state index in [0.29, 0.717) is 12.6 Å². The first-order valence-corrected chi connectivity index (χ1v) is 7.80. The maximum absolute atomic E-state index is 11.1. The van der Waals surface area contributed by atoms with Gasteiger partial charge in [-0.3, -0.25) is 4.79 Å². The molecule has 2 N–H and O–H groups in total. The van der Waals surface area contributed by atoms with Crippen molar-refractivity contribution in [3.8, 4) is 5.75 Å². The molecule has 0 saturated carbocycles. The van der Waals surface area contributed by atoms with Gasteiger partial charge in [0, 0.05) is 30.1 Å². The summed E-state index contributed by atoms with van der Waals surface area (Å²) >= 11 is 1.21. The Morgan fingerprint density at radius 3 is 3.15 bits per heavy atom. The molecule has 2 aromatic rings. The molecule has 20 heavy (non-hydrogen) atoms. The van der Waals surface area contributed by atoms with Gasteiger partial charge in [-0.1, -0.05) is 30.4 Å². The van der Waals surface area contributed by atoms with Crippen molar-refractivity contribution in [3.05, 3.63) is 50.1 Å². The van der Waals surface area contributed by atoms with E-state index in [1.54, 1.807) is 0 Å². The van der Waals surface area contributed by atoms with E-state index in [1.165, 1.54) is 22.5 Å². The minimum absolute atomic E-state index is 0.00419. The van der Waals surface area contributed by atoms with Crippen LogP contribution in [0.2, 0.25) is 0 Å². The Hall–Kier alpha value is -1.59. The molecule has 0 aliphatic carbocycles. The third-order valence-electron chi connectivity index (χ3n) is 3.63. The van der Waals surface area contributed by atoms with E-state index >= 15 is 0 Å². The minimum Gasteiger partial charge on any atom is -0.493 e. The van der Waals surface area contributed by atoms with Crippen LogP contribution in [0.3, 0.4) is 0 Å². The molecule has 0 amide bonds. The number of benzene rings is 1. The second-order valence-corrected chi connectivity index (χ2v) is 5.82. The van der Waals surface area contributed by atoms with Crippen molar-refractivity contribution in [1.29, 1.82) is 0 Å². The van der Waals surface area contributed by atoms with Gasteiger partial charge in [-0.2, -0.15) is 0 Å². The maximum Gasteiger partial charge on any atom is 0.304 e. The number of H-pyrrole nitrogens is 1. The monoisotopic (exact) mass is 290 g/mol. The van der Waals surface area contributed by atoms with Crippen LogP contribution < -0.4 is 14.9 Å². The normalized spacial score (nSPS) is 14.8. The molecule has 1 unspecified atom stereocenters. The number of aromatic amines is 1. The first-order chi connectivity index (χ1) is 9.76. The number of rotatable bonds is 5. The SMILES string of the molecule is CCC(NCc1csc(=O)[nH]1)c1ccc2c(c1)CCO2. The summed E-state index contributed by atoms with van der Waals surface area (Å²) < 4.78 is 5.54. The highest BCUT2D eigenvalue weighted by atomic mass is 32.1. The summed E-state index contributed by atoms with van der Waals surface area (Å²) in [6, 6.07) is 6.72. The molecule has 0 fully saturated rings. The molecule has 2 heterocycles. The number of nitrogens with one attached hydrogen (secondary N) is 2. The highest BCUT2D eigenvalue weighted by Gasteiger charge is 2.15. The molecule has 0 spiro atoms. The van der Waals surface area contributed by atoms with E-state index in [4.69, 9.17) is 4.74 Å². The van der Waals surface area contributed by atoms with E-state index < -0.39 is 0 Å². The zero-order chi connectivity index (χ0) is 13.9. The number of ether oxygens (including phenoxy) is 1. The Labute approximate surface area is 121 Å². The van der Waals surface area contributed by atoms with Crippen molar-refractivity contribution >= 4 is 11.3 Å². The fourth-order valence-electron chi connectivity index (χ4n) is 2.55. The Bertz CT molecular complexity index is 647. The summed E-state index contributed by atoms with van der Waals surface area (Å²) in [5.41, 5.74) is 3.53. The van der Waals surface area contributed by atoms with Crippen LogP contribution in [0.1, 0.15) is 36.2 Å². The van der Waals surface area contributed by atoms with E-state index in [-0.39, 0.29) is 4.87 Å². The molecule has 4 nitrogen and oxygen atoms in total. The summed E-state index contributed by atoms with van der Waals surface area (Å²) in [6.07, 6.45) is 2.01.